The Morgan fingerprint density at radius 3 is 2.37 bits per heavy atom. The Hall–Kier alpha value is -4.00. The maximum Gasteiger partial charge on any atom is 0.407 e. The van der Waals surface area contributed by atoms with Crippen molar-refractivity contribution in [2.24, 2.45) is 0 Å². The number of rotatable bonds is 8. The van der Waals surface area contributed by atoms with Gasteiger partial charge in [0.05, 0.1) is 37.5 Å². The van der Waals surface area contributed by atoms with E-state index in [1.54, 1.807) is 14.2 Å². The Labute approximate surface area is 205 Å². The second kappa shape index (κ2) is 10.5. The molecule has 0 aliphatic carbocycles. The maximum atomic E-state index is 11.7. The van der Waals surface area contributed by atoms with E-state index in [9.17, 15) is 4.79 Å². The SMILES string of the molecule is COc1ccc2c(Nc3ccc(CCOC(=O)NC(C)C)cc3)c3cc(C)c(OC)cc3nc2c1. The fraction of sp³-hybridized carbons (Fsp3) is 0.286. The molecule has 0 aliphatic heterocycles. The van der Waals surface area contributed by atoms with Gasteiger partial charge in [0.25, 0.3) is 0 Å². The van der Waals surface area contributed by atoms with E-state index in [-0.39, 0.29) is 6.04 Å². The number of nitrogens with zero attached hydrogens (tertiary/aromatic N) is 1. The summed E-state index contributed by atoms with van der Waals surface area (Å²) in [5, 5.41) is 8.32. The Bertz CT molecular complexity index is 1350. The van der Waals surface area contributed by atoms with Crippen LogP contribution in [0.1, 0.15) is 25.0 Å². The third-order valence-electron chi connectivity index (χ3n) is 5.75. The number of aromatic nitrogens is 1. The number of ether oxygens (including phenoxy) is 3. The third kappa shape index (κ3) is 5.57. The van der Waals surface area contributed by atoms with Crippen molar-refractivity contribution in [1.29, 1.82) is 0 Å². The van der Waals surface area contributed by atoms with E-state index in [2.05, 4.69) is 16.7 Å². The van der Waals surface area contributed by atoms with Crippen LogP contribution in [0.25, 0.3) is 21.8 Å². The van der Waals surface area contributed by atoms with E-state index in [4.69, 9.17) is 19.2 Å². The first-order valence-corrected chi connectivity index (χ1v) is 11.6. The molecule has 0 spiro atoms. The van der Waals surface area contributed by atoms with Crippen LogP contribution in [0.5, 0.6) is 11.5 Å². The Balaban J connectivity index is 1.62. The summed E-state index contributed by atoms with van der Waals surface area (Å²) >= 11 is 0. The van der Waals surface area contributed by atoms with Gasteiger partial charge in [0.1, 0.15) is 11.5 Å². The van der Waals surface area contributed by atoms with E-state index >= 15 is 0 Å². The van der Waals surface area contributed by atoms with Crippen LogP contribution in [-0.4, -0.2) is 37.9 Å². The number of aryl methyl sites for hydroxylation is 1. The van der Waals surface area contributed by atoms with Gasteiger partial charge in [-0.3, -0.25) is 0 Å². The summed E-state index contributed by atoms with van der Waals surface area (Å²) in [6, 6.07) is 18.2. The topological polar surface area (TPSA) is 81.7 Å². The molecule has 1 amide bonds. The van der Waals surface area contributed by atoms with Crippen LogP contribution >= 0.6 is 0 Å². The van der Waals surface area contributed by atoms with Gasteiger partial charge in [-0.25, -0.2) is 9.78 Å². The summed E-state index contributed by atoms with van der Waals surface area (Å²) in [5.41, 5.74) is 5.71. The molecule has 35 heavy (non-hydrogen) atoms. The molecule has 0 unspecified atom stereocenters. The van der Waals surface area contributed by atoms with Gasteiger partial charge in [0, 0.05) is 41.1 Å². The highest BCUT2D eigenvalue weighted by atomic mass is 16.5. The zero-order valence-electron chi connectivity index (χ0n) is 20.8. The molecule has 0 atom stereocenters. The lowest BCUT2D eigenvalue weighted by molar-refractivity contribution is 0.145. The molecule has 0 aliphatic rings. The molecular formula is C28H31N3O4. The number of methoxy groups -OCH3 is 2. The monoisotopic (exact) mass is 473 g/mol. The number of fused-ring (bicyclic) bond motifs is 2. The zero-order chi connectivity index (χ0) is 24.9. The quantitative estimate of drug-likeness (QED) is 0.299. The first-order chi connectivity index (χ1) is 16.9. The molecule has 0 saturated heterocycles. The van der Waals surface area contributed by atoms with Crippen LogP contribution in [0, 0.1) is 6.92 Å². The van der Waals surface area contributed by atoms with E-state index < -0.39 is 6.09 Å². The smallest absolute Gasteiger partial charge is 0.407 e. The highest BCUT2D eigenvalue weighted by Gasteiger charge is 2.13. The van der Waals surface area contributed by atoms with Crippen molar-refractivity contribution in [2.75, 3.05) is 26.1 Å². The Kier molecular flexibility index (Phi) is 7.25. The molecule has 0 bridgehead atoms. The van der Waals surface area contributed by atoms with Crippen molar-refractivity contribution >= 4 is 39.3 Å². The van der Waals surface area contributed by atoms with Crippen LogP contribution < -0.4 is 20.1 Å². The van der Waals surface area contributed by atoms with Crippen LogP contribution in [0.15, 0.2) is 54.6 Å². The number of hydrogen-bond acceptors (Lipinski definition) is 6. The van der Waals surface area contributed by atoms with Crippen LogP contribution in [-0.2, 0) is 11.2 Å². The molecular weight excluding hydrogens is 442 g/mol. The largest absolute Gasteiger partial charge is 0.497 e. The molecule has 4 aromatic rings. The van der Waals surface area contributed by atoms with Gasteiger partial charge < -0.3 is 24.8 Å². The summed E-state index contributed by atoms with van der Waals surface area (Å²) in [6.07, 6.45) is 0.254. The van der Waals surface area contributed by atoms with Crippen LogP contribution in [0.4, 0.5) is 16.2 Å². The van der Waals surface area contributed by atoms with Gasteiger partial charge in [0.15, 0.2) is 0 Å². The highest BCUT2D eigenvalue weighted by molar-refractivity contribution is 6.09. The van der Waals surface area contributed by atoms with Crippen molar-refractivity contribution < 1.29 is 19.0 Å². The predicted octanol–water partition coefficient (Wildman–Crippen LogP) is 6.13. The van der Waals surface area contributed by atoms with E-state index in [1.807, 2.05) is 69.3 Å². The molecule has 0 radical (unpaired) electrons. The number of benzene rings is 3. The molecule has 2 N–H and O–H groups in total. The van der Waals surface area contributed by atoms with Crippen LogP contribution in [0.2, 0.25) is 0 Å². The number of carbonyl (C=O) groups is 1. The number of anilines is 2. The Morgan fingerprint density at radius 2 is 1.69 bits per heavy atom. The molecule has 0 fully saturated rings. The summed E-state index contributed by atoms with van der Waals surface area (Å²) < 4.78 is 16.2. The fourth-order valence-electron chi connectivity index (χ4n) is 3.98. The minimum atomic E-state index is -0.390. The number of nitrogens with one attached hydrogen (secondary N) is 2. The van der Waals surface area contributed by atoms with E-state index in [0.29, 0.717) is 13.0 Å². The molecule has 3 aromatic carbocycles. The maximum absolute atomic E-state index is 11.7. The minimum absolute atomic E-state index is 0.0548. The third-order valence-corrected chi connectivity index (χ3v) is 5.75. The van der Waals surface area contributed by atoms with Crippen molar-refractivity contribution in [3.8, 4) is 11.5 Å². The average Bonchev–Trinajstić information content (AvgIpc) is 2.84. The van der Waals surface area contributed by atoms with Crippen molar-refractivity contribution in [3.05, 3.63) is 65.7 Å². The summed E-state index contributed by atoms with van der Waals surface area (Å²) in [5.74, 6) is 1.55. The van der Waals surface area contributed by atoms with Gasteiger partial charge >= 0.3 is 6.09 Å². The molecule has 1 heterocycles. The Morgan fingerprint density at radius 1 is 0.943 bits per heavy atom. The summed E-state index contributed by atoms with van der Waals surface area (Å²) in [7, 11) is 3.32. The van der Waals surface area contributed by atoms with Crippen LogP contribution in [0.3, 0.4) is 0 Å². The second-order valence-corrected chi connectivity index (χ2v) is 8.72. The van der Waals surface area contributed by atoms with Gasteiger partial charge in [0.2, 0.25) is 0 Å². The highest BCUT2D eigenvalue weighted by Crippen LogP contribution is 2.37. The predicted molar refractivity (Wildman–Crippen MR) is 140 cm³/mol. The molecule has 4 rings (SSSR count). The number of hydrogen-bond donors (Lipinski definition) is 2. The summed E-state index contributed by atoms with van der Waals surface area (Å²) in [4.78, 5) is 16.5. The van der Waals surface area contributed by atoms with Crippen molar-refractivity contribution in [2.45, 2.75) is 33.2 Å². The number of carbonyl (C=O) groups excluding carboxylic acids is 1. The standard InChI is InChI=1S/C28H31N3O4/c1-17(2)29-28(32)35-13-12-19-6-8-20(9-7-19)30-27-22-11-10-21(33-4)15-24(22)31-25-16-26(34-5)18(3)14-23(25)27/h6-11,14-17H,12-13H2,1-5H3,(H,29,32)(H,30,31). The van der Waals surface area contributed by atoms with E-state index in [1.165, 1.54) is 0 Å². The van der Waals surface area contributed by atoms with Crippen molar-refractivity contribution in [1.82, 2.24) is 10.3 Å². The number of amides is 1. The first kappa shape index (κ1) is 24.1. The number of pyridine rings is 1. The summed E-state index contributed by atoms with van der Waals surface area (Å²) in [6.45, 7) is 6.15. The van der Waals surface area contributed by atoms with Gasteiger partial charge in [-0.2, -0.15) is 0 Å². The molecule has 7 heteroatoms. The lowest BCUT2D eigenvalue weighted by atomic mass is 10.0. The molecule has 1 aromatic heterocycles. The zero-order valence-corrected chi connectivity index (χ0v) is 20.8. The molecule has 7 nitrogen and oxygen atoms in total. The lowest BCUT2D eigenvalue weighted by Crippen LogP contribution is -2.31. The second-order valence-electron chi connectivity index (χ2n) is 8.72. The van der Waals surface area contributed by atoms with Gasteiger partial charge in [-0.1, -0.05) is 12.1 Å². The number of alkyl carbamates (subject to hydrolysis) is 1. The van der Waals surface area contributed by atoms with Gasteiger partial charge in [-0.05, 0) is 62.2 Å². The molecule has 0 saturated carbocycles. The minimum Gasteiger partial charge on any atom is -0.497 e. The normalized spacial score (nSPS) is 11.0. The van der Waals surface area contributed by atoms with Crippen molar-refractivity contribution in [3.63, 3.8) is 0 Å². The van der Waals surface area contributed by atoms with E-state index in [0.717, 1.165) is 55.8 Å². The lowest BCUT2D eigenvalue weighted by Gasteiger charge is -2.16. The molecule has 182 valence electrons. The van der Waals surface area contributed by atoms with Gasteiger partial charge in [-0.15, -0.1) is 0 Å². The first-order valence-electron chi connectivity index (χ1n) is 11.6. The average molecular weight is 474 g/mol. The fourth-order valence-corrected chi connectivity index (χ4v) is 3.98.